The summed E-state index contributed by atoms with van der Waals surface area (Å²) in [4.78, 5) is 14.0. The summed E-state index contributed by atoms with van der Waals surface area (Å²) < 4.78 is 0. The molecule has 5 heteroatoms. The fourth-order valence-electron chi connectivity index (χ4n) is 2.19. The molecule has 1 amide bonds. The van der Waals surface area contributed by atoms with E-state index in [0.717, 1.165) is 12.8 Å². The molecule has 1 aromatic carbocycles. The van der Waals surface area contributed by atoms with Gasteiger partial charge in [0.15, 0.2) is 0 Å². The van der Waals surface area contributed by atoms with Gasteiger partial charge in [0.05, 0.1) is 10.6 Å². The molecule has 1 fully saturated rings. The number of nitrogen functional groups attached to an aromatic ring is 1. The number of likely N-dealkylation sites (tertiary alicyclic amines) is 1. The number of hydrogen-bond donors (Lipinski definition) is 2. The topological polar surface area (TPSA) is 66.6 Å². The van der Waals surface area contributed by atoms with Crippen LogP contribution in [0, 0.1) is 5.92 Å². The number of nitrogens with zero attached hydrogens (tertiary/aromatic N) is 1. The smallest absolute Gasteiger partial charge is 0.255 e. The van der Waals surface area contributed by atoms with Crippen molar-refractivity contribution >= 4 is 23.2 Å². The highest BCUT2D eigenvalue weighted by molar-refractivity contribution is 6.34. The standard InChI is InChI=1S/C13H17ClN2O2/c14-12-7-10(15)1-2-11(12)13(18)16-5-3-9(8-17)4-6-16/h1-2,7,9,17H,3-6,8,15H2. The zero-order valence-electron chi connectivity index (χ0n) is 10.1. The highest BCUT2D eigenvalue weighted by Gasteiger charge is 2.24. The number of hydrogen-bond acceptors (Lipinski definition) is 3. The summed E-state index contributed by atoms with van der Waals surface area (Å²) in [6.45, 7) is 1.54. The Balaban J connectivity index is 2.08. The molecule has 3 N–H and O–H groups in total. The number of halogens is 1. The van der Waals surface area contributed by atoms with Gasteiger partial charge in [0.1, 0.15) is 0 Å². The summed E-state index contributed by atoms with van der Waals surface area (Å²) in [6.07, 6.45) is 1.68. The molecule has 1 heterocycles. The monoisotopic (exact) mass is 268 g/mol. The maximum absolute atomic E-state index is 12.3. The van der Waals surface area contributed by atoms with Gasteiger partial charge in [-0.25, -0.2) is 0 Å². The number of carbonyl (C=O) groups excluding carboxylic acids is 1. The molecular formula is C13H17ClN2O2. The van der Waals surface area contributed by atoms with E-state index in [1.54, 1.807) is 23.1 Å². The van der Waals surface area contributed by atoms with E-state index in [1.807, 2.05) is 0 Å². The highest BCUT2D eigenvalue weighted by Crippen LogP contribution is 2.23. The van der Waals surface area contributed by atoms with Crippen LogP contribution >= 0.6 is 11.6 Å². The minimum absolute atomic E-state index is 0.0589. The summed E-state index contributed by atoms with van der Waals surface area (Å²) in [5, 5.41) is 9.46. The van der Waals surface area contributed by atoms with Gasteiger partial charge in [-0.05, 0) is 37.0 Å². The summed E-state index contributed by atoms with van der Waals surface area (Å²) >= 11 is 6.03. The zero-order chi connectivity index (χ0) is 13.1. The van der Waals surface area contributed by atoms with Gasteiger partial charge in [0.2, 0.25) is 0 Å². The third kappa shape index (κ3) is 2.76. The van der Waals surface area contributed by atoms with Gasteiger partial charge in [-0.15, -0.1) is 0 Å². The number of piperidine rings is 1. The van der Waals surface area contributed by atoms with Crippen LogP contribution in [0.5, 0.6) is 0 Å². The van der Waals surface area contributed by atoms with Gasteiger partial charge >= 0.3 is 0 Å². The number of aliphatic hydroxyl groups is 1. The molecule has 0 aromatic heterocycles. The largest absolute Gasteiger partial charge is 0.399 e. The van der Waals surface area contributed by atoms with Crippen molar-refractivity contribution in [3.8, 4) is 0 Å². The summed E-state index contributed by atoms with van der Waals surface area (Å²) in [5.41, 5.74) is 6.65. The molecule has 0 bridgehead atoms. The number of amides is 1. The molecule has 0 radical (unpaired) electrons. The van der Waals surface area contributed by atoms with Crippen LogP contribution in [0.3, 0.4) is 0 Å². The van der Waals surface area contributed by atoms with Crippen LogP contribution in [-0.4, -0.2) is 35.6 Å². The predicted molar refractivity (Wildman–Crippen MR) is 71.6 cm³/mol. The average molecular weight is 269 g/mol. The lowest BCUT2D eigenvalue weighted by Crippen LogP contribution is -2.39. The molecule has 98 valence electrons. The molecule has 0 spiro atoms. The number of rotatable bonds is 2. The molecular weight excluding hydrogens is 252 g/mol. The molecule has 2 rings (SSSR count). The maximum Gasteiger partial charge on any atom is 0.255 e. The van der Waals surface area contributed by atoms with E-state index in [1.165, 1.54) is 0 Å². The minimum Gasteiger partial charge on any atom is -0.399 e. The fraction of sp³-hybridized carbons (Fsp3) is 0.462. The molecule has 1 aliphatic rings. The highest BCUT2D eigenvalue weighted by atomic mass is 35.5. The summed E-state index contributed by atoms with van der Waals surface area (Å²) in [5.74, 6) is 0.257. The lowest BCUT2D eigenvalue weighted by Gasteiger charge is -2.31. The van der Waals surface area contributed by atoms with Gasteiger partial charge < -0.3 is 15.7 Å². The Bertz CT molecular complexity index is 443. The molecule has 0 atom stereocenters. The van der Waals surface area contributed by atoms with Gasteiger partial charge in [0, 0.05) is 25.4 Å². The van der Waals surface area contributed by atoms with Crippen LogP contribution in [-0.2, 0) is 0 Å². The van der Waals surface area contributed by atoms with E-state index in [-0.39, 0.29) is 12.5 Å². The van der Waals surface area contributed by atoms with Crippen molar-refractivity contribution in [2.24, 2.45) is 5.92 Å². The normalized spacial score (nSPS) is 16.9. The van der Waals surface area contributed by atoms with E-state index >= 15 is 0 Å². The second-order valence-electron chi connectivity index (χ2n) is 4.66. The third-order valence-corrected chi connectivity index (χ3v) is 3.70. The molecule has 1 aliphatic heterocycles. The first kappa shape index (κ1) is 13.2. The second kappa shape index (κ2) is 5.59. The van der Waals surface area contributed by atoms with Crippen LogP contribution < -0.4 is 5.73 Å². The Morgan fingerprint density at radius 2 is 2.11 bits per heavy atom. The van der Waals surface area contributed by atoms with E-state index in [4.69, 9.17) is 22.4 Å². The SMILES string of the molecule is Nc1ccc(C(=O)N2CCC(CO)CC2)c(Cl)c1. The Morgan fingerprint density at radius 1 is 1.44 bits per heavy atom. The lowest BCUT2D eigenvalue weighted by atomic mass is 9.97. The van der Waals surface area contributed by atoms with Gasteiger partial charge in [-0.1, -0.05) is 11.6 Å². The van der Waals surface area contributed by atoms with Crippen molar-refractivity contribution in [1.29, 1.82) is 0 Å². The molecule has 1 saturated heterocycles. The molecule has 0 aliphatic carbocycles. The Morgan fingerprint density at radius 3 is 2.67 bits per heavy atom. The number of aliphatic hydroxyl groups excluding tert-OH is 1. The Hall–Kier alpha value is -1.26. The summed E-state index contributed by atoms with van der Waals surface area (Å²) in [6, 6.07) is 4.94. The van der Waals surface area contributed by atoms with E-state index < -0.39 is 0 Å². The zero-order valence-corrected chi connectivity index (χ0v) is 10.9. The lowest BCUT2D eigenvalue weighted by molar-refractivity contribution is 0.0651. The van der Waals surface area contributed by atoms with Crippen LogP contribution in [0.1, 0.15) is 23.2 Å². The number of anilines is 1. The van der Waals surface area contributed by atoms with E-state index in [2.05, 4.69) is 0 Å². The Kier molecular flexibility index (Phi) is 4.09. The fourth-order valence-corrected chi connectivity index (χ4v) is 2.46. The van der Waals surface area contributed by atoms with E-state index in [9.17, 15) is 4.79 Å². The van der Waals surface area contributed by atoms with E-state index in [0.29, 0.717) is 35.3 Å². The maximum atomic E-state index is 12.3. The molecule has 18 heavy (non-hydrogen) atoms. The first-order valence-corrected chi connectivity index (χ1v) is 6.44. The second-order valence-corrected chi connectivity index (χ2v) is 5.06. The molecule has 1 aromatic rings. The van der Waals surface area contributed by atoms with Gasteiger partial charge in [-0.3, -0.25) is 4.79 Å². The first-order valence-electron chi connectivity index (χ1n) is 6.07. The van der Waals surface area contributed by atoms with Crippen molar-refractivity contribution in [2.75, 3.05) is 25.4 Å². The van der Waals surface area contributed by atoms with Crippen molar-refractivity contribution in [3.05, 3.63) is 28.8 Å². The van der Waals surface area contributed by atoms with Gasteiger partial charge in [-0.2, -0.15) is 0 Å². The number of nitrogens with two attached hydrogens (primary N) is 1. The minimum atomic E-state index is -0.0589. The molecule has 0 saturated carbocycles. The predicted octanol–water partition coefficient (Wildman–Crippen LogP) is 1.77. The van der Waals surface area contributed by atoms with Crippen LogP contribution in [0.4, 0.5) is 5.69 Å². The van der Waals surface area contributed by atoms with Crippen molar-refractivity contribution in [2.45, 2.75) is 12.8 Å². The molecule has 4 nitrogen and oxygen atoms in total. The quantitative estimate of drug-likeness (QED) is 0.804. The van der Waals surface area contributed by atoms with Crippen LogP contribution in [0.2, 0.25) is 5.02 Å². The van der Waals surface area contributed by atoms with Gasteiger partial charge in [0.25, 0.3) is 5.91 Å². The summed E-state index contributed by atoms with van der Waals surface area (Å²) in [7, 11) is 0. The van der Waals surface area contributed by atoms with Crippen LogP contribution in [0.25, 0.3) is 0 Å². The van der Waals surface area contributed by atoms with Crippen LogP contribution in [0.15, 0.2) is 18.2 Å². The van der Waals surface area contributed by atoms with Crippen molar-refractivity contribution in [3.63, 3.8) is 0 Å². The molecule has 0 unspecified atom stereocenters. The Labute approximate surface area is 111 Å². The van der Waals surface area contributed by atoms with Crippen molar-refractivity contribution in [1.82, 2.24) is 4.90 Å². The van der Waals surface area contributed by atoms with Crippen molar-refractivity contribution < 1.29 is 9.90 Å². The first-order chi connectivity index (χ1) is 8.61. The number of carbonyl (C=O) groups is 1. The number of benzene rings is 1. The third-order valence-electron chi connectivity index (χ3n) is 3.38. The average Bonchev–Trinajstić information content (AvgIpc) is 2.38.